The molecule has 5 heteroatoms. The molecule has 0 aromatic carbocycles. The van der Waals surface area contributed by atoms with Gasteiger partial charge in [-0.3, -0.25) is 4.79 Å². The average molecular weight is 293 g/mol. The Morgan fingerprint density at radius 1 is 1.43 bits per heavy atom. The molecule has 1 aromatic heterocycles. The fourth-order valence-corrected chi connectivity index (χ4v) is 2.69. The molecule has 0 aliphatic heterocycles. The van der Waals surface area contributed by atoms with Crippen molar-refractivity contribution in [1.82, 2.24) is 10.3 Å². The van der Waals surface area contributed by atoms with E-state index in [1.807, 2.05) is 6.92 Å². The van der Waals surface area contributed by atoms with E-state index in [4.69, 9.17) is 0 Å². The standard InChI is InChI=1S/C16H24FN3O/c1-3-8-18-14-13(9-12(17)10-19-14)15(21)20-11-16(4-2)6-5-7-16/h9-10H,3-8,11H2,1-2H3,(H,18,19)(H,20,21). The molecule has 0 saturated heterocycles. The van der Waals surface area contributed by atoms with E-state index in [-0.39, 0.29) is 16.9 Å². The number of nitrogens with one attached hydrogen (secondary N) is 2. The van der Waals surface area contributed by atoms with Crippen molar-refractivity contribution in [3.05, 3.63) is 23.6 Å². The zero-order chi connectivity index (χ0) is 15.3. The number of amides is 1. The molecule has 116 valence electrons. The molecule has 1 aliphatic carbocycles. The summed E-state index contributed by atoms with van der Waals surface area (Å²) in [4.78, 5) is 16.3. The van der Waals surface area contributed by atoms with Crippen molar-refractivity contribution in [1.29, 1.82) is 0 Å². The van der Waals surface area contributed by atoms with Crippen molar-refractivity contribution < 1.29 is 9.18 Å². The van der Waals surface area contributed by atoms with Crippen molar-refractivity contribution in [2.45, 2.75) is 46.0 Å². The zero-order valence-electron chi connectivity index (χ0n) is 12.8. The molecule has 0 spiro atoms. The SMILES string of the molecule is CCCNc1ncc(F)cc1C(=O)NCC1(CC)CCC1. The lowest BCUT2D eigenvalue weighted by molar-refractivity contribution is 0.0850. The van der Waals surface area contributed by atoms with Crippen molar-refractivity contribution in [2.75, 3.05) is 18.4 Å². The number of nitrogens with zero attached hydrogens (tertiary/aromatic N) is 1. The van der Waals surface area contributed by atoms with Crippen molar-refractivity contribution in [2.24, 2.45) is 5.41 Å². The normalized spacial score (nSPS) is 16.1. The van der Waals surface area contributed by atoms with E-state index in [0.29, 0.717) is 18.9 Å². The summed E-state index contributed by atoms with van der Waals surface area (Å²) in [7, 11) is 0. The summed E-state index contributed by atoms with van der Waals surface area (Å²) in [6, 6.07) is 1.25. The third-order valence-electron chi connectivity index (χ3n) is 4.43. The second kappa shape index (κ2) is 6.87. The van der Waals surface area contributed by atoms with Gasteiger partial charge in [-0.25, -0.2) is 9.37 Å². The van der Waals surface area contributed by atoms with Gasteiger partial charge >= 0.3 is 0 Å². The molecule has 1 aromatic rings. The minimum absolute atomic E-state index is 0.243. The van der Waals surface area contributed by atoms with Crippen molar-refractivity contribution in [3.63, 3.8) is 0 Å². The highest BCUT2D eigenvalue weighted by Crippen LogP contribution is 2.43. The van der Waals surface area contributed by atoms with Crippen LogP contribution < -0.4 is 10.6 Å². The maximum absolute atomic E-state index is 13.4. The van der Waals surface area contributed by atoms with Crippen LogP contribution in [0.1, 0.15) is 56.3 Å². The number of aromatic nitrogens is 1. The Hall–Kier alpha value is -1.65. The summed E-state index contributed by atoms with van der Waals surface area (Å²) in [6.45, 7) is 5.55. The lowest BCUT2D eigenvalue weighted by atomic mass is 9.67. The fraction of sp³-hybridized carbons (Fsp3) is 0.625. The van der Waals surface area contributed by atoms with E-state index in [1.54, 1.807) is 0 Å². The molecule has 0 unspecified atom stereocenters. The number of hydrogen-bond donors (Lipinski definition) is 2. The first-order valence-corrected chi connectivity index (χ1v) is 7.78. The number of carbonyl (C=O) groups excluding carboxylic acids is 1. The number of halogens is 1. The first-order valence-electron chi connectivity index (χ1n) is 7.78. The summed E-state index contributed by atoms with van der Waals surface area (Å²) < 4.78 is 13.4. The summed E-state index contributed by atoms with van der Waals surface area (Å²) in [5, 5.41) is 6.02. The summed E-state index contributed by atoms with van der Waals surface area (Å²) in [6.07, 6.45) is 6.66. The molecule has 0 atom stereocenters. The Morgan fingerprint density at radius 3 is 2.76 bits per heavy atom. The number of pyridine rings is 1. The van der Waals surface area contributed by atoms with E-state index >= 15 is 0 Å². The van der Waals surface area contributed by atoms with Crippen molar-refractivity contribution in [3.8, 4) is 0 Å². The number of anilines is 1. The summed E-state index contributed by atoms with van der Waals surface area (Å²) >= 11 is 0. The lowest BCUT2D eigenvalue weighted by Gasteiger charge is -2.41. The second-order valence-corrected chi connectivity index (χ2v) is 5.87. The van der Waals surface area contributed by atoms with Gasteiger partial charge < -0.3 is 10.6 Å². The van der Waals surface area contributed by atoms with Gasteiger partial charge in [0.15, 0.2) is 0 Å². The van der Waals surface area contributed by atoms with Crippen LogP contribution in [-0.4, -0.2) is 24.0 Å². The van der Waals surface area contributed by atoms with Crippen molar-refractivity contribution >= 4 is 11.7 Å². The molecule has 1 aliphatic rings. The first-order chi connectivity index (χ1) is 10.1. The van der Waals surface area contributed by atoms with E-state index in [2.05, 4.69) is 22.5 Å². The van der Waals surface area contributed by atoms with Crippen LogP contribution >= 0.6 is 0 Å². The van der Waals surface area contributed by atoms with Crippen LogP contribution in [0.2, 0.25) is 0 Å². The molecule has 1 saturated carbocycles. The highest BCUT2D eigenvalue weighted by molar-refractivity contribution is 5.98. The summed E-state index contributed by atoms with van der Waals surface area (Å²) in [5.41, 5.74) is 0.530. The monoisotopic (exact) mass is 293 g/mol. The van der Waals surface area contributed by atoms with Crippen LogP contribution in [0.5, 0.6) is 0 Å². The average Bonchev–Trinajstić information content (AvgIpc) is 2.45. The topological polar surface area (TPSA) is 54.0 Å². The van der Waals surface area contributed by atoms with Gasteiger partial charge in [-0.15, -0.1) is 0 Å². The van der Waals surface area contributed by atoms with Gasteiger partial charge in [0.05, 0.1) is 11.8 Å². The van der Waals surface area contributed by atoms with Crippen LogP contribution in [0.4, 0.5) is 10.2 Å². The molecule has 21 heavy (non-hydrogen) atoms. The maximum atomic E-state index is 13.4. The third-order valence-corrected chi connectivity index (χ3v) is 4.43. The first kappa shape index (κ1) is 15.7. The molecule has 2 rings (SSSR count). The smallest absolute Gasteiger partial charge is 0.255 e. The second-order valence-electron chi connectivity index (χ2n) is 5.87. The molecule has 2 N–H and O–H groups in total. The van der Waals surface area contributed by atoms with Gasteiger partial charge in [0.2, 0.25) is 0 Å². The van der Waals surface area contributed by atoms with E-state index in [9.17, 15) is 9.18 Å². The van der Waals surface area contributed by atoms with Gasteiger partial charge in [-0.05, 0) is 37.2 Å². The molecule has 1 fully saturated rings. The van der Waals surface area contributed by atoms with Gasteiger partial charge in [0.1, 0.15) is 11.6 Å². The maximum Gasteiger partial charge on any atom is 0.255 e. The lowest BCUT2D eigenvalue weighted by Crippen LogP contribution is -2.41. The van der Waals surface area contributed by atoms with E-state index in [0.717, 1.165) is 31.9 Å². The largest absolute Gasteiger partial charge is 0.369 e. The minimum atomic E-state index is -0.490. The van der Waals surface area contributed by atoms with Crippen LogP contribution in [-0.2, 0) is 0 Å². The highest BCUT2D eigenvalue weighted by Gasteiger charge is 2.35. The molecule has 1 heterocycles. The van der Waals surface area contributed by atoms with Crippen LogP contribution in [0.25, 0.3) is 0 Å². The molecular weight excluding hydrogens is 269 g/mol. The Balaban J connectivity index is 2.05. The Kier molecular flexibility index (Phi) is 5.15. The highest BCUT2D eigenvalue weighted by atomic mass is 19.1. The van der Waals surface area contributed by atoms with Crippen LogP contribution in [0.15, 0.2) is 12.3 Å². The third kappa shape index (κ3) is 3.71. The molecule has 1 amide bonds. The fourth-order valence-electron chi connectivity index (χ4n) is 2.69. The van der Waals surface area contributed by atoms with Gasteiger partial charge in [0, 0.05) is 13.1 Å². The van der Waals surface area contributed by atoms with Gasteiger partial charge in [0.25, 0.3) is 5.91 Å². The zero-order valence-corrected chi connectivity index (χ0v) is 12.8. The van der Waals surface area contributed by atoms with E-state index < -0.39 is 5.82 Å². The molecule has 0 bridgehead atoms. The predicted molar refractivity (Wildman–Crippen MR) is 81.9 cm³/mol. The number of hydrogen-bond acceptors (Lipinski definition) is 3. The molecule has 4 nitrogen and oxygen atoms in total. The Morgan fingerprint density at radius 2 is 2.19 bits per heavy atom. The van der Waals surface area contributed by atoms with E-state index in [1.165, 1.54) is 12.5 Å². The van der Waals surface area contributed by atoms with Gasteiger partial charge in [-0.2, -0.15) is 0 Å². The van der Waals surface area contributed by atoms with Crippen LogP contribution in [0.3, 0.4) is 0 Å². The summed E-state index contributed by atoms with van der Waals surface area (Å²) in [5.74, 6) is -0.286. The quantitative estimate of drug-likeness (QED) is 0.810. The minimum Gasteiger partial charge on any atom is -0.369 e. The molecular formula is C16H24FN3O. The Bertz CT molecular complexity index is 495. The predicted octanol–water partition coefficient (Wildman–Crippen LogP) is 3.35. The van der Waals surface area contributed by atoms with Gasteiger partial charge in [-0.1, -0.05) is 20.3 Å². The number of rotatable bonds is 7. The number of carbonyl (C=O) groups is 1. The van der Waals surface area contributed by atoms with Crippen LogP contribution in [0, 0.1) is 11.2 Å². The molecule has 0 radical (unpaired) electrons. The Labute approximate surface area is 125 Å².